The van der Waals surface area contributed by atoms with Crippen molar-refractivity contribution >= 4 is 5.97 Å². The van der Waals surface area contributed by atoms with Gasteiger partial charge in [-0.05, 0) is 29.2 Å². The number of nitrogens with one attached hydrogen (secondary N) is 1. The molecular weight excluding hydrogens is 254 g/mol. The maximum Gasteiger partial charge on any atom is 0.343 e. The average Bonchev–Trinajstić information content (AvgIpc) is 2.38. The van der Waals surface area contributed by atoms with Crippen LogP contribution in [0.25, 0.3) is 0 Å². The number of carbonyl (C=O) groups excluding carboxylic acids is 1. The van der Waals surface area contributed by atoms with Crippen molar-refractivity contribution in [2.45, 2.75) is 26.2 Å². The molecule has 0 atom stereocenters. The minimum absolute atomic E-state index is 0.0509. The van der Waals surface area contributed by atoms with Crippen LogP contribution in [-0.2, 0) is 5.41 Å². The molecule has 1 aromatic carbocycles. The molecule has 4 nitrogen and oxygen atoms in total. The van der Waals surface area contributed by atoms with Gasteiger partial charge in [-0.2, -0.15) is 0 Å². The number of H-pyrrole nitrogens is 1. The van der Waals surface area contributed by atoms with Gasteiger partial charge in [-0.1, -0.05) is 32.9 Å². The number of ether oxygens (including phenoxy) is 1. The van der Waals surface area contributed by atoms with E-state index in [0.717, 1.165) is 5.56 Å². The predicted octanol–water partition coefficient (Wildman–Crippen LogP) is 2.89. The van der Waals surface area contributed by atoms with E-state index in [0.29, 0.717) is 5.75 Å². The molecule has 1 aromatic heterocycles. The first-order chi connectivity index (χ1) is 9.36. The van der Waals surface area contributed by atoms with Gasteiger partial charge in [0.15, 0.2) is 0 Å². The fraction of sp³-hybridized carbons (Fsp3) is 0.250. The molecule has 0 fully saturated rings. The molecule has 0 aliphatic rings. The van der Waals surface area contributed by atoms with Gasteiger partial charge in [-0.3, -0.25) is 4.79 Å². The molecule has 104 valence electrons. The Balaban J connectivity index is 2.14. The number of aromatic nitrogens is 1. The molecule has 20 heavy (non-hydrogen) atoms. The van der Waals surface area contributed by atoms with Gasteiger partial charge in [-0.25, -0.2) is 4.79 Å². The van der Waals surface area contributed by atoms with Crippen LogP contribution >= 0.6 is 0 Å². The number of hydrogen-bond acceptors (Lipinski definition) is 3. The normalized spacial score (nSPS) is 11.2. The third-order valence-electron chi connectivity index (χ3n) is 2.94. The van der Waals surface area contributed by atoms with Crippen LogP contribution in [-0.4, -0.2) is 11.0 Å². The van der Waals surface area contributed by atoms with Crippen molar-refractivity contribution < 1.29 is 9.53 Å². The number of pyridine rings is 1. The Kier molecular flexibility index (Phi) is 3.74. The monoisotopic (exact) mass is 271 g/mol. The topological polar surface area (TPSA) is 59.2 Å². The quantitative estimate of drug-likeness (QED) is 0.675. The fourth-order valence-electron chi connectivity index (χ4n) is 1.76. The molecule has 4 heteroatoms. The number of rotatable bonds is 2. The first-order valence-corrected chi connectivity index (χ1v) is 6.38. The summed E-state index contributed by atoms with van der Waals surface area (Å²) in [5.41, 5.74) is 1.11. The van der Waals surface area contributed by atoms with Gasteiger partial charge in [-0.15, -0.1) is 0 Å². The second-order valence-electron chi connectivity index (χ2n) is 5.61. The molecule has 0 spiro atoms. The van der Waals surface area contributed by atoms with E-state index in [1.807, 2.05) is 12.1 Å². The zero-order chi connectivity index (χ0) is 14.8. The van der Waals surface area contributed by atoms with Crippen LogP contribution in [0.15, 0.2) is 47.4 Å². The van der Waals surface area contributed by atoms with Crippen molar-refractivity contribution in [2.24, 2.45) is 0 Å². The summed E-state index contributed by atoms with van der Waals surface area (Å²) in [4.78, 5) is 25.5. The van der Waals surface area contributed by atoms with Crippen LogP contribution in [0.3, 0.4) is 0 Å². The minimum atomic E-state index is -0.542. The molecule has 0 bridgehead atoms. The number of hydrogen-bond donors (Lipinski definition) is 1. The highest BCUT2D eigenvalue weighted by atomic mass is 16.5. The third kappa shape index (κ3) is 3.35. The zero-order valence-corrected chi connectivity index (χ0v) is 11.8. The highest BCUT2D eigenvalue weighted by Gasteiger charge is 2.14. The first-order valence-electron chi connectivity index (χ1n) is 6.38. The summed E-state index contributed by atoms with van der Waals surface area (Å²) >= 11 is 0. The lowest BCUT2D eigenvalue weighted by Gasteiger charge is -2.18. The SMILES string of the molecule is CC(C)(C)c1ccc(OC(=O)c2cc[nH]c(=O)c2)cc1. The van der Waals surface area contributed by atoms with E-state index in [1.165, 1.54) is 18.3 Å². The highest BCUT2D eigenvalue weighted by Crippen LogP contribution is 2.24. The van der Waals surface area contributed by atoms with E-state index in [4.69, 9.17) is 4.74 Å². The second-order valence-corrected chi connectivity index (χ2v) is 5.61. The Hall–Kier alpha value is -2.36. The van der Waals surface area contributed by atoms with Gasteiger partial charge in [0.05, 0.1) is 5.56 Å². The van der Waals surface area contributed by atoms with Crippen molar-refractivity contribution in [3.05, 3.63) is 64.1 Å². The number of esters is 1. The van der Waals surface area contributed by atoms with Crippen LogP contribution in [0, 0.1) is 0 Å². The van der Waals surface area contributed by atoms with Crippen molar-refractivity contribution in [2.75, 3.05) is 0 Å². The number of benzene rings is 1. The van der Waals surface area contributed by atoms with Crippen molar-refractivity contribution in [1.82, 2.24) is 4.98 Å². The Morgan fingerprint density at radius 2 is 1.75 bits per heavy atom. The maximum atomic E-state index is 11.9. The molecule has 0 aliphatic heterocycles. The molecule has 2 rings (SSSR count). The van der Waals surface area contributed by atoms with Crippen molar-refractivity contribution in [1.29, 1.82) is 0 Å². The van der Waals surface area contributed by atoms with Gasteiger partial charge in [0.1, 0.15) is 5.75 Å². The summed E-state index contributed by atoms with van der Waals surface area (Å²) in [6, 6.07) is 10.1. The summed E-state index contributed by atoms with van der Waals surface area (Å²) in [7, 11) is 0. The molecule has 0 aliphatic carbocycles. The van der Waals surface area contributed by atoms with Crippen LogP contribution in [0.4, 0.5) is 0 Å². The predicted molar refractivity (Wildman–Crippen MR) is 77.2 cm³/mol. The molecule has 1 heterocycles. The van der Waals surface area contributed by atoms with Gasteiger partial charge in [0, 0.05) is 12.3 Å². The number of carbonyl (C=O) groups is 1. The van der Waals surface area contributed by atoms with Crippen LogP contribution in [0.1, 0.15) is 36.7 Å². The minimum Gasteiger partial charge on any atom is -0.423 e. The zero-order valence-electron chi connectivity index (χ0n) is 11.8. The van der Waals surface area contributed by atoms with Crippen LogP contribution < -0.4 is 10.3 Å². The average molecular weight is 271 g/mol. The standard InChI is InChI=1S/C16H17NO3/c1-16(2,3)12-4-6-13(7-5-12)20-15(19)11-8-9-17-14(18)10-11/h4-10H,1-3H3,(H,17,18). The van der Waals surface area contributed by atoms with Crippen LogP contribution in [0.5, 0.6) is 5.75 Å². The second kappa shape index (κ2) is 5.33. The Morgan fingerprint density at radius 1 is 1.10 bits per heavy atom. The molecular formula is C16H17NO3. The lowest BCUT2D eigenvalue weighted by molar-refractivity contribution is 0.0734. The third-order valence-corrected chi connectivity index (χ3v) is 2.94. The van der Waals surface area contributed by atoms with Crippen molar-refractivity contribution in [3.63, 3.8) is 0 Å². The summed E-state index contributed by atoms with van der Waals surface area (Å²) in [5.74, 6) is -0.0807. The smallest absolute Gasteiger partial charge is 0.343 e. The van der Waals surface area contributed by atoms with Gasteiger partial charge in [0.2, 0.25) is 5.56 Å². The van der Waals surface area contributed by atoms with Gasteiger partial charge < -0.3 is 9.72 Å². The molecule has 2 aromatic rings. The largest absolute Gasteiger partial charge is 0.423 e. The van der Waals surface area contributed by atoms with E-state index < -0.39 is 5.97 Å². The Bertz CT molecular complexity index is 663. The maximum absolute atomic E-state index is 11.9. The van der Waals surface area contributed by atoms with Crippen LogP contribution in [0.2, 0.25) is 0 Å². The molecule has 0 saturated heterocycles. The van der Waals surface area contributed by atoms with Crippen molar-refractivity contribution in [3.8, 4) is 5.75 Å². The van der Waals surface area contributed by atoms with E-state index in [9.17, 15) is 9.59 Å². The molecule has 1 N–H and O–H groups in total. The summed E-state index contributed by atoms with van der Waals surface area (Å²) in [6.07, 6.45) is 1.42. The summed E-state index contributed by atoms with van der Waals surface area (Å²) < 4.78 is 5.23. The number of aromatic amines is 1. The lowest BCUT2D eigenvalue weighted by Crippen LogP contribution is -2.14. The fourth-order valence-corrected chi connectivity index (χ4v) is 1.76. The Morgan fingerprint density at radius 3 is 2.30 bits per heavy atom. The van der Waals surface area contributed by atoms with Gasteiger partial charge in [0.25, 0.3) is 0 Å². The molecule has 0 amide bonds. The Labute approximate surface area is 117 Å². The highest BCUT2D eigenvalue weighted by molar-refractivity contribution is 5.90. The molecule has 0 unspecified atom stereocenters. The van der Waals surface area contributed by atoms with E-state index in [-0.39, 0.29) is 16.5 Å². The summed E-state index contributed by atoms with van der Waals surface area (Å²) in [6.45, 7) is 6.35. The molecule has 0 saturated carbocycles. The summed E-state index contributed by atoms with van der Waals surface area (Å²) in [5, 5.41) is 0. The van der Waals surface area contributed by atoms with Gasteiger partial charge >= 0.3 is 5.97 Å². The van der Waals surface area contributed by atoms with E-state index in [2.05, 4.69) is 25.8 Å². The molecule has 0 radical (unpaired) electrons. The lowest BCUT2D eigenvalue weighted by atomic mass is 9.87. The first kappa shape index (κ1) is 14.1. The van der Waals surface area contributed by atoms with E-state index in [1.54, 1.807) is 12.1 Å². The van der Waals surface area contributed by atoms with E-state index >= 15 is 0 Å².